The van der Waals surface area contributed by atoms with Crippen molar-refractivity contribution in [1.29, 1.82) is 0 Å². The molecular weight excluding hydrogens is 210 g/mol. The Labute approximate surface area is 95.4 Å². The van der Waals surface area contributed by atoms with Gasteiger partial charge in [-0.3, -0.25) is 0 Å². The first kappa shape index (κ1) is 10.8. The Balaban J connectivity index is 2.13. The molecule has 3 heteroatoms. The van der Waals surface area contributed by atoms with Gasteiger partial charge in [0.05, 0.1) is 7.11 Å². The van der Waals surface area contributed by atoms with E-state index in [4.69, 9.17) is 22.1 Å². The normalized spacial score (nSPS) is 17.5. The molecule has 1 unspecified atom stereocenters. The van der Waals surface area contributed by atoms with E-state index in [0.29, 0.717) is 5.92 Å². The minimum absolute atomic E-state index is 0.248. The summed E-state index contributed by atoms with van der Waals surface area (Å²) in [6.45, 7) is 0. The summed E-state index contributed by atoms with van der Waals surface area (Å²) in [6.07, 6.45) is 3.39. The minimum Gasteiger partial charge on any atom is -0.496 e. The topological polar surface area (TPSA) is 35.2 Å². The molecule has 0 bridgehead atoms. The molecule has 0 saturated heterocycles. The molecule has 0 aromatic heterocycles. The quantitative estimate of drug-likeness (QED) is 0.855. The fraction of sp³-hybridized carbons (Fsp3) is 0.500. The zero-order valence-corrected chi connectivity index (χ0v) is 9.63. The highest BCUT2D eigenvalue weighted by Crippen LogP contribution is 2.34. The molecule has 0 radical (unpaired) electrons. The highest BCUT2D eigenvalue weighted by Gasteiger charge is 2.28. The molecule has 0 spiro atoms. The molecule has 1 aliphatic carbocycles. The maximum absolute atomic E-state index is 6.09. The van der Waals surface area contributed by atoms with Crippen LogP contribution < -0.4 is 10.5 Å². The van der Waals surface area contributed by atoms with Gasteiger partial charge in [0, 0.05) is 11.1 Å². The van der Waals surface area contributed by atoms with Crippen LogP contribution in [0, 0.1) is 5.92 Å². The Bertz CT molecular complexity index is 349. The minimum atomic E-state index is 0.248. The number of hydrogen-bond acceptors (Lipinski definition) is 2. The monoisotopic (exact) mass is 225 g/mol. The molecule has 15 heavy (non-hydrogen) atoms. The lowest BCUT2D eigenvalue weighted by molar-refractivity contribution is 0.406. The van der Waals surface area contributed by atoms with Gasteiger partial charge in [0.1, 0.15) is 5.75 Å². The first-order valence-corrected chi connectivity index (χ1v) is 5.66. The summed E-state index contributed by atoms with van der Waals surface area (Å²) >= 11 is 5.96. The highest BCUT2D eigenvalue weighted by molar-refractivity contribution is 6.30. The van der Waals surface area contributed by atoms with Gasteiger partial charge in [-0.05, 0) is 48.9 Å². The fourth-order valence-electron chi connectivity index (χ4n) is 1.85. The first-order chi connectivity index (χ1) is 7.20. The molecular formula is C12H16ClNO. The first-order valence-electron chi connectivity index (χ1n) is 5.28. The molecule has 1 aromatic rings. The van der Waals surface area contributed by atoms with Crippen molar-refractivity contribution in [2.24, 2.45) is 11.7 Å². The van der Waals surface area contributed by atoms with Gasteiger partial charge in [0.25, 0.3) is 0 Å². The standard InChI is InChI=1S/C12H16ClNO/c1-15-12-5-4-10(13)6-9(12)7-11(14)8-2-3-8/h4-6,8,11H,2-3,7,14H2,1H3. The van der Waals surface area contributed by atoms with Gasteiger partial charge in [-0.2, -0.15) is 0 Å². The van der Waals surface area contributed by atoms with E-state index in [9.17, 15) is 0 Å². The van der Waals surface area contributed by atoms with Gasteiger partial charge in [-0.15, -0.1) is 0 Å². The molecule has 0 amide bonds. The average Bonchev–Trinajstić information content (AvgIpc) is 3.01. The van der Waals surface area contributed by atoms with E-state index in [1.54, 1.807) is 7.11 Å². The number of hydrogen-bond donors (Lipinski definition) is 1. The summed E-state index contributed by atoms with van der Waals surface area (Å²) in [5.74, 6) is 1.59. The van der Waals surface area contributed by atoms with Crippen LogP contribution in [0.4, 0.5) is 0 Å². The van der Waals surface area contributed by atoms with Crippen LogP contribution in [-0.4, -0.2) is 13.2 Å². The van der Waals surface area contributed by atoms with Crippen LogP contribution in [0.25, 0.3) is 0 Å². The number of benzene rings is 1. The molecule has 2 rings (SSSR count). The lowest BCUT2D eigenvalue weighted by atomic mass is 10.0. The number of nitrogens with two attached hydrogens (primary N) is 1. The average molecular weight is 226 g/mol. The number of ether oxygens (including phenoxy) is 1. The summed E-state index contributed by atoms with van der Waals surface area (Å²) < 4.78 is 5.29. The van der Waals surface area contributed by atoms with Crippen LogP contribution in [0.2, 0.25) is 5.02 Å². The fourth-order valence-corrected chi connectivity index (χ4v) is 2.05. The number of methoxy groups -OCH3 is 1. The molecule has 1 aromatic carbocycles. The molecule has 1 atom stereocenters. The summed E-state index contributed by atoms with van der Waals surface area (Å²) in [6, 6.07) is 5.93. The molecule has 2 N–H and O–H groups in total. The molecule has 82 valence electrons. The van der Waals surface area contributed by atoms with Crippen molar-refractivity contribution >= 4 is 11.6 Å². The van der Waals surface area contributed by atoms with E-state index in [-0.39, 0.29) is 6.04 Å². The van der Waals surface area contributed by atoms with Gasteiger partial charge >= 0.3 is 0 Å². The van der Waals surface area contributed by atoms with Crippen LogP contribution in [0.1, 0.15) is 18.4 Å². The Hall–Kier alpha value is -0.730. The van der Waals surface area contributed by atoms with Gasteiger partial charge in [-0.25, -0.2) is 0 Å². The molecule has 1 aliphatic rings. The Morgan fingerprint density at radius 3 is 2.87 bits per heavy atom. The summed E-state index contributed by atoms with van der Waals surface area (Å²) in [4.78, 5) is 0. The predicted molar refractivity (Wildman–Crippen MR) is 62.4 cm³/mol. The SMILES string of the molecule is COc1ccc(Cl)cc1CC(N)C1CC1. The second kappa shape index (κ2) is 4.42. The summed E-state index contributed by atoms with van der Waals surface area (Å²) in [7, 11) is 1.68. The van der Waals surface area contributed by atoms with Gasteiger partial charge in [0.15, 0.2) is 0 Å². The second-order valence-electron chi connectivity index (χ2n) is 4.16. The zero-order chi connectivity index (χ0) is 10.8. The van der Waals surface area contributed by atoms with Gasteiger partial charge < -0.3 is 10.5 Å². The number of rotatable bonds is 4. The van der Waals surface area contributed by atoms with Crippen molar-refractivity contribution in [3.8, 4) is 5.75 Å². The molecule has 1 fully saturated rings. The lowest BCUT2D eigenvalue weighted by Crippen LogP contribution is -2.25. The molecule has 1 saturated carbocycles. The molecule has 0 aliphatic heterocycles. The van der Waals surface area contributed by atoms with Crippen LogP contribution in [-0.2, 0) is 6.42 Å². The van der Waals surface area contributed by atoms with Crippen LogP contribution in [0.15, 0.2) is 18.2 Å². The summed E-state index contributed by atoms with van der Waals surface area (Å²) in [5, 5.41) is 0.744. The second-order valence-corrected chi connectivity index (χ2v) is 4.60. The van der Waals surface area contributed by atoms with E-state index in [1.165, 1.54) is 12.8 Å². The lowest BCUT2D eigenvalue weighted by Gasteiger charge is -2.13. The zero-order valence-electron chi connectivity index (χ0n) is 8.87. The largest absolute Gasteiger partial charge is 0.496 e. The maximum atomic E-state index is 6.09. The van der Waals surface area contributed by atoms with E-state index >= 15 is 0 Å². The van der Waals surface area contributed by atoms with E-state index in [0.717, 1.165) is 22.8 Å². The van der Waals surface area contributed by atoms with Gasteiger partial charge in [-0.1, -0.05) is 11.6 Å². The van der Waals surface area contributed by atoms with Crippen molar-refractivity contribution in [2.45, 2.75) is 25.3 Å². The van der Waals surface area contributed by atoms with E-state index in [1.807, 2.05) is 18.2 Å². The van der Waals surface area contributed by atoms with E-state index in [2.05, 4.69) is 0 Å². The summed E-state index contributed by atoms with van der Waals surface area (Å²) in [5.41, 5.74) is 7.20. The van der Waals surface area contributed by atoms with Crippen molar-refractivity contribution in [3.05, 3.63) is 28.8 Å². The van der Waals surface area contributed by atoms with Gasteiger partial charge in [0.2, 0.25) is 0 Å². The van der Waals surface area contributed by atoms with Crippen molar-refractivity contribution in [1.82, 2.24) is 0 Å². The third-order valence-electron chi connectivity index (χ3n) is 2.93. The third-order valence-corrected chi connectivity index (χ3v) is 3.16. The molecule has 0 heterocycles. The predicted octanol–water partition coefficient (Wildman–Crippen LogP) is 2.63. The van der Waals surface area contributed by atoms with E-state index < -0.39 is 0 Å². The Kier molecular flexibility index (Phi) is 3.17. The number of halogens is 1. The Morgan fingerprint density at radius 2 is 2.27 bits per heavy atom. The van der Waals surface area contributed by atoms with Crippen molar-refractivity contribution < 1.29 is 4.74 Å². The van der Waals surface area contributed by atoms with Crippen molar-refractivity contribution in [2.75, 3.05) is 7.11 Å². The molecule has 2 nitrogen and oxygen atoms in total. The Morgan fingerprint density at radius 1 is 1.53 bits per heavy atom. The highest BCUT2D eigenvalue weighted by atomic mass is 35.5. The van der Waals surface area contributed by atoms with Crippen LogP contribution in [0.5, 0.6) is 5.75 Å². The maximum Gasteiger partial charge on any atom is 0.122 e. The van der Waals surface area contributed by atoms with Crippen LogP contribution >= 0.6 is 11.6 Å². The third kappa shape index (κ3) is 2.64. The smallest absolute Gasteiger partial charge is 0.122 e. The van der Waals surface area contributed by atoms with Crippen LogP contribution in [0.3, 0.4) is 0 Å². The van der Waals surface area contributed by atoms with Crippen molar-refractivity contribution in [3.63, 3.8) is 0 Å².